The minimum Gasteiger partial charge on any atom is -0.338 e. The van der Waals surface area contributed by atoms with Gasteiger partial charge in [-0.25, -0.2) is 0 Å². The van der Waals surface area contributed by atoms with Crippen LogP contribution in [0.25, 0.3) is 0 Å². The van der Waals surface area contributed by atoms with Crippen molar-refractivity contribution < 1.29 is 14.4 Å². The smallest absolute Gasteiger partial charge is 0.338 e. The molecule has 1 heterocycles. The molecular weight excluding hydrogens is 215 g/mol. The first-order valence-electron chi connectivity index (χ1n) is 3.32. The predicted molar refractivity (Wildman–Crippen MR) is 44.5 cm³/mol. The molecule has 1 rings (SSSR count). The van der Waals surface area contributed by atoms with E-state index in [0.29, 0.717) is 0 Å². The molecule has 1 unspecified atom stereocenters. The molecular formula is C4H7N4O3PS. The average molecular weight is 222 g/mol. The molecule has 0 aliphatic heterocycles. The third-order valence-corrected chi connectivity index (χ3v) is 2.02. The molecule has 1 N–H and O–H groups in total. The lowest BCUT2D eigenvalue weighted by Gasteiger charge is -2.19. The molecule has 1 atom stereocenters. The zero-order chi connectivity index (χ0) is 9.90. The molecule has 1 aromatic heterocycles. The molecule has 9 heteroatoms. The molecule has 0 fully saturated rings. The summed E-state index contributed by atoms with van der Waals surface area (Å²) in [4.78, 5) is 0. The first-order chi connectivity index (χ1) is 6.14. The van der Waals surface area contributed by atoms with Crippen molar-refractivity contribution in [1.82, 2.24) is 20.2 Å². The maximum atomic E-state index is 10.6. The van der Waals surface area contributed by atoms with Crippen molar-refractivity contribution in [3.05, 3.63) is 0 Å². The highest BCUT2D eigenvalue weighted by molar-refractivity contribution is 7.80. The number of aliphatic hydroxyl groups is 1. The number of hydrogen-bond acceptors (Lipinski definition) is 7. The van der Waals surface area contributed by atoms with E-state index in [2.05, 4.69) is 28.2 Å². The van der Waals surface area contributed by atoms with E-state index in [-0.39, 0.29) is 11.8 Å². The van der Waals surface area contributed by atoms with Crippen LogP contribution in [-0.2, 0) is 15.0 Å². The fraction of sp³-hybridized carbons (Fsp3) is 0.750. The Kier molecular flexibility index (Phi) is 3.32. The molecule has 13 heavy (non-hydrogen) atoms. The van der Waals surface area contributed by atoms with Crippen LogP contribution in [0.1, 0.15) is 6.92 Å². The van der Waals surface area contributed by atoms with Gasteiger partial charge in [-0.2, -0.15) is 4.68 Å². The monoisotopic (exact) mass is 222 g/mol. The van der Waals surface area contributed by atoms with Crippen molar-refractivity contribution in [2.24, 2.45) is 0 Å². The number of nitrogens with zero attached hydrogens (tertiary/aromatic N) is 4. The van der Waals surface area contributed by atoms with Gasteiger partial charge in [-0.05, 0) is 17.4 Å². The van der Waals surface area contributed by atoms with E-state index in [1.807, 2.05) is 0 Å². The first-order valence-corrected chi connectivity index (χ1v) is 4.58. The zero-order valence-electron chi connectivity index (χ0n) is 6.65. The molecule has 0 bridgehead atoms. The SMILES string of the molecule is CCOC(O)(P=O)n1nnnc1S. The Balaban J connectivity index is 3.02. The van der Waals surface area contributed by atoms with Crippen molar-refractivity contribution in [2.45, 2.75) is 17.7 Å². The molecule has 0 saturated carbocycles. The van der Waals surface area contributed by atoms with E-state index >= 15 is 0 Å². The second-order valence-corrected chi connectivity index (χ2v) is 3.15. The molecule has 7 nitrogen and oxygen atoms in total. The number of ether oxygens (including phenoxy) is 1. The topological polar surface area (TPSA) is 90.1 Å². The molecule has 72 valence electrons. The molecule has 0 spiro atoms. The van der Waals surface area contributed by atoms with E-state index in [9.17, 15) is 9.67 Å². The lowest BCUT2D eigenvalue weighted by atomic mass is 10.8. The molecule has 0 radical (unpaired) electrons. The Morgan fingerprint density at radius 2 is 2.54 bits per heavy atom. The summed E-state index contributed by atoms with van der Waals surface area (Å²) in [6.45, 7) is 1.80. The number of thiol groups is 1. The lowest BCUT2D eigenvalue weighted by Crippen LogP contribution is -2.32. The van der Waals surface area contributed by atoms with Crippen molar-refractivity contribution in [3.8, 4) is 0 Å². The third-order valence-electron chi connectivity index (χ3n) is 1.19. The summed E-state index contributed by atoms with van der Waals surface area (Å²) in [5.74, 6) is 0. The molecule has 0 aromatic carbocycles. The van der Waals surface area contributed by atoms with Crippen LogP contribution in [0, 0.1) is 0 Å². The van der Waals surface area contributed by atoms with Crippen LogP contribution < -0.4 is 0 Å². The van der Waals surface area contributed by atoms with Crippen LogP contribution in [0.3, 0.4) is 0 Å². The fourth-order valence-corrected chi connectivity index (χ4v) is 1.38. The maximum absolute atomic E-state index is 10.6. The lowest BCUT2D eigenvalue weighted by molar-refractivity contribution is -0.202. The van der Waals surface area contributed by atoms with Crippen molar-refractivity contribution in [2.75, 3.05) is 6.61 Å². The third kappa shape index (κ3) is 2.02. The Morgan fingerprint density at radius 3 is 2.92 bits per heavy atom. The summed E-state index contributed by atoms with van der Waals surface area (Å²) in [5.41, 5.74) is -2.07. The van der Waals surface area contributed by atoms with Gasteiger partial charge in [0, 0.05) is 6.61 Å². The van der Waals surface area contributed by atoms with Crippen molar-refractivity contribution >= 4 is 21.1 Å². The van der Waals surface area contributed by atoms with Crippen LogP contribution in [0.4, 0.5) is 0 Å². The second-order valence-electron chi connectivity index (χ2n) is 1.99. The second kappa shape index (κ2) is 4.10. The minimum atomic E-state index is -2.07. The van der Waals surface area contributed by atoms with Crippen molar-refractivity contribution in [3.63, 3.8) is 0 Å². The summed E-state index contributed by atoms with van der Waals surface area (Å²) in [5, 5.41) is 19.6. The van der Waals surface area contributed by atoms with Gasteiger partial charge in [0.15, 0.2) is 0 Å². The molecule has 0 aliphatic carbocycles. The predicted octanol–water partition coefficient (Wildman–Crippen LogP) is -0.150. The maximum Gasteiger partial charge on any atom is 0.357 e. The number of rotatable bonds is 4. The quantitative estimate of drug-likeness (QED) is 0.418. The fourth-order valence-electron chi connectivity index (χ4n) is 0.691. The van der Waals surface area contributed by atoms with Crippen LogP contribution in [-0.4, -0.2) is 31.9 Å². The molecule has 0 amide bonds. The van der Waals surface area contributed by atoms with Gasteiger partial charge in [0.1, 0.15) is 0 Å². The van der Waals surface area contributed by atoms with E-state index in [1.165, 1.54) is 0 Å². The Morgan fingerprint density at radius 1 is 1.85 bits per heavy atom. The highest BCUT2D eigenvalue weighted by atomic mass is 32.1. The van der Waals surface area contributed by atoms with Gasteiger partial charge in [0.05, 0.1) is 0 Å². The summed E-state index contributed by atoms with van der Waals surface area (Å²) >= 11 is 3.83. The summed E-state index contributed by atoms with van der Waals surface area (Å²) < 4.78 is 16.3. The Bertz CT molecular complexity index is 307. The van der Waals surface area contributed by atoms with Crippen LogP contribution in [0.15, 0.2) is 5.16 Å². The summed E-state index contributed by atoms with van der Waals surface area (Å²) in [6.07, 6.45) is 0. The zero-order valence-corrected chi connectivity index (χ0v) is 8.44. The van der Waals surface area contributed by atoms with Crippen LogP contribution in [0.2, 0.25) is 0 Å². The first kappa shape index (κ1) is 10.5. The number of aromatic nitrogens is 4. The van der Waals surface area contributed by atoms with Crippen LogP contribution in [0.5, 0.6) is 0 Å². The standard InChI is InChI=1S/C4H7N4O3PS/c1-2-11-4(9,12-10)8-3(13)5-6-7-8/h9H,2H2,1H3,(H,5,7,13). The van der Waals surface area contributed by atoms with Crippen molar-refractivity contribution in [1.29, 1.82) is 0 Å². The highest BCUT2D eigenvalue weighted by Crippen LogP contribution is 2.27. The van der Waals surface area contributed by atoms with Crippen LogP contribution >= 0.6 is 21.1 Å². The summed E-state index contributed by atoms with van der Waals surface area (Å²) in [6, 6.07) is 0. The van der Waals surface area contributed by atoms with E-state index in [4.69, 9.17) is 4.74 Å². The average Bonchev–Trinajstić information content (AvgIpc) is 2.52. The van der Waals surface area contributed by atoms with Gasteiger partial charge < -0.3 is 9.84 Å². The number of tetrazole rings is 1. The van der Waals surface area contributed by atoms with Gasteiger partial charge in [0.25, 0.3) is 0 Å². The van der Waals surface area contributed by atoms with Gasteiger partial charge in [-0.3, -0.25) is 4.57 Å². The largest absolute Gasteiger partial charge is 0.357 e. The molecule has 1 aromatic rings. The Labute approximate surface area is 80.7 Å². The van der Waals surface area contributed by atoms with E-state index < -0.39 is 14.1 Å². The molecule has 0 saturated heterocycles. The highest BCUT2D eigenvalue weighted by Gasteiger charge is 2.34. The van der Waals surface area contributed by atoms with E-state index in [0.717, 1.165) is 4.68 Å². The van der Waals surface area contributed by atoms with Gasteiger partial charge >= 0.3 is 5.65 Å². The van der Waals surface area contributed by atoms with E-state index in [1.54, 1.807) is 6.92 Å². The van der Waals surface area contributed by atoms with Gasteiger partial charge in [-0.1, -0.05) is 0 Å². The molecule has 0 aliphatic rings. The Hall–Kier alpha value is -0.560. The van der Waals surface area contributed by atoms with Gasteiger partial charge in [-0.15, -0.1) is 17.7 Å². The normalized spacial score (nSPS) is 15.9. The number of hydrogen-bond donors (Lipinski definition) is 2. The summed E-state index contributed by atoms with van der Waals surface area (Å²) in [7, 11) is -0.661. The van der Waals surface area contributed by atoms with Gasteiger partial charge in [0.2, 0.25) is 13.6 Å². The minimum absolute atomic E-state index is 0.0132.